The minimum absolute atomic E-state index is 0.274. The quantitative estimate of drug-likeness (QED) is 0.634. The molecule has 2 aliphatic heterocycles. The molecule has 0 aromatic rings. The Kier molecular flexibility index (Phi) is 2.10. The fourth-order valence-electron chi connectivity index (χ4n) is 2.04. The fourth-order valence-corrected chi connectivity index (χ4v) is 2.04. The Morgan fingerprint density at radius 1 is 1.50 bits per heavy atom. The Morgan fingerprint density at radius 2 is 2.25 bits per heavy atom. The van der Waals surface area contributed by atoms with Crippen LogP contribution in [0.3, 0.4) is 0 Å². The molecule has 1 unspecified atom stereocenters. The molecule has 0 amide bonds. The molecule has 0 aromatic heterocycles. The van der Waals surface area contributed by atoms with Crippen LogP contribution in [0.2, 0.25) is 0 Å². The number of nitrogens with zero attached hydrogens (tertiary/aromatic N) is 1. The molecule has 3 heteroatoms. The molecular formula is C9H18N2O. The summed E-state index contributed by atoms with van der Waals surface area (Å²) >= 11 is 0. The Morgan fingerprint density at radius 3 is 2.67 bits per heavy atom. The van der Waals surface area contributed by atoms with E-state index in [0.717, 1.165) is 13.2 Å². The van der Waals surface area contributed by atoms with Gasteiger partial charge in [0.15, 0.2) is 0 Å². The van der Waals surface area contributed by atoms with Crippen molar-refractivity contribution in [3.05, 3.63) is 0 Å². The summed E-state index contributed by atoms with van der Waals surface area (Å²) in [4.78, 5) is 2.38. The van der Waals surface area contributed by atoms with Crippen molar-refractivity contribution in [1.82, 2.24) is 10.2 Å². The van der Waals surface area contributed by atoms with Crippen LogP contribution in [0.5, 0.6) is 0 Å². The number of nitrogens with one attached hydrogen (secondary N) is 1. The molecule has 2 saturated heterocycles. The predicted octanol–water partition coefficient (Wildman–Crippen LogP) is 0.0690. The molecule has 0 aromatic carbocycles. The zero-order valence-corrected chi connectivity index (χ0v) is 7.97. The number of rotatable bonds is 2. The topological polar surface area (TPSA) is 24.5 Å². The first kappa shape index (κ1) is 8.48. The van der Waals surface area contributed by atoms with E-state index < -0.39 is 0 Å². The smallest absolute Gasteiger partial charge is 0.0669 e. The van der Waals surface area contributed by atoms with E-state index in [1.165, 1.54) is 19.5 Å². The van der Waals surface area contributed by atoms with Crippen LogP contribution in [-0.2, 0) is 4.74 Å². The van der Waals surface area contributed by atoms with Gasteiger partial charge in [0.05, 0.1) is 18.8 Å². The van der Waals surface area contributed by atoms with Crippen molar-refractivity contribution >= 4 is 0 Å². The van der Waals surface area contributed by atoms with Gasteiger partial charge in [0.1, 0.15) is 0 Å². The summed E-state index contributed by atoms with van der Waals surface area (Å²) in [7, 11) is 2.18. The maximum Gasteiger partial charge on any atom is 0.0669 e. The largest absolute Gasteiger partial charge is 0.377 e. The molecule has 2 heterocycles. The third kappa shape index (κ3) is 1.63. The third-order valence-electron chi connectivity index (χ3n) is 2.79. The van der Waals surface area contributed by atoms with Gasteiger partial charge in [-0.05, 0) is 26.9 Å². The first-order valence-electron chi connectivity index (χ1n) is 4.72. The molecule has 0 bridgehead atoms. The lowest BCUT2D eigenvalue weighted by molar-refractivity contribution is -0.0687. The second-order valence-electron chi connectivity index (χ2n) is 4.45. The molecule has 2 fully saturated rings. The van der Waals surface area contributed by atoms with Crippen molar-refractivity contribution in [2.24, 2.45) is 0 Å². The van der Waals surface area contributed by atoms with Gasteiger partial charge in [0.25, 0.3) is 0 Å². The van der Waals surface area contributed by atoms with Gasteiger partial charge in [-0.15, -0.1) is 0 Å². The minimum Gasteiger partial charge on any atom is -0.377 e. The van der Waals surface area contributed by atoms with Gasteiger partial charge in [-0.3, -0.25) is 0 Å². The van der Waals surface area contributed by atoms with E-state index in [0.29, 0.717) is 6.04 Å². The first-order valence-corrected chi connectivity index (χ1v) is 4.72. The minimum atomic E-state index is 0.274. The lowest BCUT2D eigenvalue weighted by Gasteiger charge is -2.41. The molecule has 3 nitrogen and oxygen atoms in total. The highest BCUT2D eigenvalue weighted by atomic mass is 16.5. The average Bonchev–Trinajstić information content (AvgIpc) is 2.32. The molecule has 0 radical (unpaired) electrons. The Bertz CT molecular complexity index is 168. The Labute approximate surface area is 74.1 Å². The summed E-state index contributed by atoms with van der Waals surface area (Å²) in [6, 6.07) is 0.684. The van der Waals surface area contributed by atoms with E-state index in [4.69, 9.17) is 4.74 Å². The monoisotopic (exact) mass is 170 g/mol. The molecular weight excluding hydrogens is 152 g/mol. The highest BCUT2D eigenvalue weighted by Crippen LogP contribution is 2.19. The lowest BCUT2D eigenvalue weighted by atomic mass is 9.99. The molecule has 0 saturated carbocycles. The molecule has 1 N–H and O–H groups in total. The average molecular weight is 170 g/mol. The van der Waals surface area contributed by atoms with Gasteiger partial charge in [0, 0.05) is 12.6 Å². The predicted molar refractivity (Wildman–Crippen MR) is 48.3 cm³/mol. The number of likely N-dealkylation sites (N-methyl/N-ethyl adjacent to an activating group) is 1. The maximum absolute atomic E-state index is 5.20. The number of hydrogen-bond donors (Lipinski definition) is 1. The van der Waals surface area contributed by atoms with Gasteiger partial charge in [-0.2, -0.15) is 0 Å². The van der Waals surface area contributed by atoms with Crippen molar-refractivity contribution < 1.29 is 4.74 Å². The Hall–Kier alpha value is -0.120. The van der Waals surface area contributed by atoms with E-state index in [9.17, 15) is 0 Å². The fraction of sp³-hybridized carbons (Fsp3) is 1.00. The zero-order valence-electron chi connectivity index (χ0n) is 7.97. The third-order valence-corrected chi connectivity index (χ3v) is 2.79. The van der Waals surface area contributed by atoms with E-state index in [2.05, 4.69) is 24.2 Å². The van der Waals surface area contributed by atoms with Crippen LogP contribution in [0.25, 0.3) is 0 Å². The van der Waals surface area contributed by atoms with Crippen LogP contribution in [0.15, 0.2) is 0 Å². The van der Waals surface area contributed by atoms with Gasteiger partial charge in [-0.25, -0.2) is 0 Å². The van der Waals surface area contributed by atoms with E-state index in [-0.39, 0.29) is 5.54 Å². The second-order valence-corrected chi connectivity index (χ2v) is 4.45. The summed E-state index contributed by atoms with van der Waals surface area (Å²) in [5.74, 6) is 0. The van der Waals surface area contributed by atoms with Crippen LogP contribution in [0.1, 0.15) is 13.3 Å². The van der Waals surface area contributed by atoms with Crippen molar-refractivity contribution in [3.63, 3.8) is 0 Å². The summed E-state index contributed by atoms with van der Waals surface area (Å²) in [5, 5.41) is 3.66. The second kappa shape index (κ2) is 2.98. The van der Waals surface area contributed by atoms with Crippen LogP contribution in [-0.4, -0.2) is 49.8 Å². The molecule has 1 atom stereocenters. The molecule has 0 aliphatic carbocycles. The Balaban J connectivity index is 1.79. The standard InChI is InChI=1S/C9H18N2O/c1-9(6-12-7-9)10-8-3-4-11(2)5-8/h8,10H,3-7H2,1-2H3. The SMILES string of the molecule is CN1CCC(NC2(C)COC2)C1. The van der Waals surface area contributed by atoms with Crippen LogP contribution < -0.4 is 5.32 Å². The van der Waals surface area contributed by atoms with Gasteiger partial charge < -0.3 is 15.0 Å². The number of hydrogen-bond acceptors (Lipinski definition) is 3. The number of likely N-dealkylation sites (tertiary alicyclic amines) is 1. The normalized spacial score (nSPS) is 35.0. The van der Waals surface area contributed by atoms with Crippen molar-refractivity contribution in [2.45, 2.75) is 24.9 Å². The summed E-state index contributed by atoms with van der Waals surface area (Å²) < 4.78 is 5.20. The highest BCUT2D eigenvalue weighted by molar-refractivity contribution is 4.94. The van der Waals surface area contributed by atoms with E-state index >= 15 is 0 Å². The summed E-state index contributed by atoms with van der Waals surface area (Å²) in [5.41, 5.74) is 0.274. The van der Waals surface area contributed by atoms with Crippen molar-refractivity contribution in [1.29, 1.82) is 0 Å². The highest BCUT2D eigenvalue weighted by Gasteiger charge is 2.36. The summed E-state index contributed by atoms with van der Waals surface area (Å²) in [6.07, 6.45) is 1.28. The molecule has 0 spiro atoms. The van der Waals surface area contributed by atoms with Crippen molar-refractivity contribution in [2.75, 3.05) is 33.4 Å². The lowest BCUT2D eigenvalue weighted by Crippen LogP contribution is -2.61. The van der Waals surface area contributed by atoms with Gasteiger partial charge in [-0.1, -0.05) is 0 Å². The van der Waals surface area contributed by atoms with Crippen molar-refractivity contribution in [3.8, 4) is 0 Å². The van der Waals surface area contributed by atoms with Crippen LogP contribution in [0, 0.1) is 0 Å². The van der Waals surface area contributed by atoms with Crippen LogP contribution >= 0.6 is 0 Å². The van der Waals surface area contributed by atoms with Gasteiger partial charge in [0.2, 0.25) is 0 Å². The zero-order chi connectivity index (χ0) is 8.60. The van der Waals surface area contributed by atoms with E-state index in [1.807, 2.05) is 0 Å². The maximum atomic E-state index is 5.20. The summed E-state index contributed by atoms with van der Waals surface area (Å²) in [6.45, 7) is 6.43. The van der Waals surface area contributed by atoms with Gasteiger partial charge >= 0.3 is 0 Å². The first-order chi connectivity index (χ1) is 5.68. The van der Waals surface area contributed by atoms with E-state index in [1.54, 1.807) is 0 Å². The number of ether oxygens (including phenoxy) is 1. The molecule has 70 valence electrons. The molecule has 2 rings (SSSR count). The molecule has 12 heavy (non-hydrogen) atoms. The van der Waals surface area contributed by atoms with Crippen LogP contribution in [0.4, 0.5) is 0 Å². The molecule has 2 aliphatic rings.